The normalized spacial score (nSPS) is 18.2. The van der Waals surface area contributed by atoms with Crippen molar-refractivity contribution in [3.05, 3.63) is 68.8 Å². The van der Waals surface area contributed by atoms with Crippen molar-refractivity contribution >= 4 is 32.7 Å². The number of thiazole rings is 1. The zero-order chi connectivity index (χ0) is 25.8. The first-order valence-corrected chi connectivity index (χ1v) is 14.9. The average molecular weight is 543 g/mol. The summed E-state index contributed by atoms with van der Waals surface area (Å²) in [5.41, 5.74) is 2.63. The fourth-order valence-electron chi connectivity index (χ4n) is 4.95. The second kappa shape index (κ2) is 11.3. The third kappa shape index (κ3) is 5.85. The van der Waals surface area contributed by atoms with Crippen LogP contribution in [0.3, 0.4) is 0 Å². The number of nitro groups is 1. The van der Waals surface area contributed by atoms with Crippen molar-refractivity contribution in [2.75, 3.05) is 26.3 Å². The highest BCUT2D eigenvalue weighted by atomic mass is 32.2. The number of rotatable bonds is 7. The predicted molar refractivity (Wildman–Crippen MR) is 142 cm³/mol. The van der Waals surface area contributed by atoms with Crippen molar-refractivity contribution in [3.8, 4) is 11.3 Å². The molecule has 1 saturated heterocycles. The third-order valence-corrected chi connectivity index (χ3v) is 9.78. The van der Waals surface area contributed by atoms with Gasteiger partial charge in [0.1, 0.15) is 0 Å². The number of benzene rings is 2. The molecule has 2 fully saturated rings. The molecule has 0 N–H and O–H groups in total. The Bertz CT molecular complexity index is 1400. The van der Waals surface area contributed by atoms with Crippen molar-refractivity contribution in [2.45, 2.75) is 43.5 Å². The molecular weight excluding hydrogens is 512 g/mol. The van der Waals surface area contributed by atoms with Crippen molar-refractivity contribution in [1.29, 1.82) is 0 Å². The molecule has 0 unspecified atom stereocenters. The van der Waals surface area contributed by atoms with Crippen LogP contribution in [0.25, 0.3) is 11.3 Å². The number of hydrogen-bond donors (Lipinski definition) is 0. The molecule has 1 saturated carbocycles. The lowest BCUT2D eigenvalue weighted by atomic mass is 9.89. The molecule has 2 heterocycles. The number of ether oxygens (including phenoxy) is 1. The molecule has 1 aromatic heterocycles. The first kappa shape index (κ1) is 25.8. The summed E-state index contributed by atoms with van der Waals surface area (Å²) >= 11 is 1.52. The van der Waals surface area contributed by atoms with Crippen molar-refractivity contribution < 1.29 is 18.1 Å². The minimum atomic E-state index is -3.56. The molecule has 196 valence electrons. The smallest absolute Gasteiger partial charge is 0.269 e. The Balaban J connectivity index is 1.47. The molecule has 0 radical (unpaired) electrons. The Morgan fingerprint density at radius 1 is 1.00 bits per heavy atom. The number of non-ortho nitro benzene ring substituents is 1. The lowest BCUT2D eigenvalue weighted by Crippen LogP contribution is -2.40. The van der Waals surface area contributed by atoms with Crippen LogP contribution in [0.2, 0.25) is 0 Å². The van der Waals surface area contributed by atoms with Crippen LogP contribution in [-0.2, 0) is 21.3 Å². The van der Waals surface area contributed by atoms with E-state index in [0.29, 0.717) is 37.9 Å². The SMILES string of the molecule is O=[N+]([O-])c1ccc(-c2csc(=Nc3ccc(S(=O)(=O)N4CCOCC4)cc3)n2CC2CCCCC2)cc1. The van der Waals surface area contributed by atoms with Gasteiger partial charge in [-0.2, -0.15) is 4.31 Å². The van der Waals surface area contributed by atoms with E-state index >= 15 is 0 Å². The van der Waals surface area contributed by atoms with Crippen LogP contribution in [0, 0.1) is 16.0 Å². The molecule has 2 aliphatic rings. The molecule has 0 amide bonds. The van der Waals surface area contributed by atoms with Gasteiger partial charge in [-0.15, -0.1) is 11.3 Å². The maximum absolute atomic E-state index is 13.0. The van der Waals surface area contributed by atoms with Gasteiger partial charge >= 0.3 is 0 Å². The maximum atomic E-state index is 13.0. The van der Waals surface area contributed by atoms with E-state index in [0.717, 1.165) is 22.6 Å². The predicted octanol–water partition coefficient (Wildman–Crippen LogP) is 4.96. The van der Waals surface area contributed by atoms with E-state index in [9.17, 15) is 18.5 Å². The van der Waals surface area contributed by atoms with Crippen LogP contribution in [-0.4, -0.2) is 48.5 Å². The van der Waals surface area contributed by atoms with E-state index in [-0.39, 0.29) is 10.6 Å². The van der Waals surface area contributed by atoms with Gasteiger partial charge < -0.3 is 9.30 Å². The minimum Gasteiger partial charge on any atom is -0.379 e. The van der Waals surface area contributed by atoms with Crippen molar-refractivity contribution in [2.24, 2.45) is 10.9 Å². The van der Waals surface area contributed by atoms with Crippen LogP contribution in [0.5, 0.6) is 0 Å². The van der Waals surface area contributed by atoms with Gasteiger partial charge in [0, 0.05) is 37.1 Å². The number of morpholine rings is 1. The Morgan fingerprint density at radius 3 is 2.32 bits per heavy atom. The number of sulfonamides is 1. The van der Waals surface area contributed by atoms with Crippen LogP contribution in [0.1, 0.15) is 32.1 Å². The Morgan fingerprint density at radius 2 is 1.68 bits per heavy atom. The monoisotopic (exact) mass is 542 g/mol. The van der Waals surface area contributed by atoms with Crippen LogP contribution in [0.15, 0.2) is 63.8 Å². The second-order valence-electron chi connectivity index (χ2n) is 9.44. The molecule has 5 rings (SSSR count). The summed E-state index contributed by atoms with van der Waals surface area (Å²) in [7, 11) is -3.56. The lowest BCUT2D eigenvalue weighted by Gasteiger charge is -2.26. The largest absolute Gasteiger partial charge is 0.379 e. The van der Waals surface area contributed by atoms with E-state index < -0.39 is 14.9 Å². The Hall–Kier alpha value is -2.86. The summed E-state index contributed by atoms with van der Waals surface area (Å²) in [5, 5.41) is 13.1. The van der Waals surface area contributed by atoms with Crippen LogP contribution in [0.4, 0.5) is 11.4 Å². The molecule has 11 heteroatoms. The van der Waals surface area contributed by atoms with E-state index in [1.165, 1.54) is 59.9 Å². The van der Waals surface area contributed by atoms with Gasteiger partial charge in [0.25, 0.3) is 5.69 Å². The standard InChI is InChI=1S/C26H30N4O5S2/c31-30(32)23-10-6-21(7-11-23)25-19-36-26(29(25)18-20-4-2-1-3-5-20)27-22-8-12-24(13-9-22)37(33,34)28-14-16-35-17-15-28/h6-13,19-20H,1-5,14-18H2. The topological polar surface area (TPSA) is 107 Å². The zero-order valence-corrected chi connectivity index (χ0v) is 22.1. The third-order valence-electron chi connectivity index (χ3n) is 7.01. The van der Waals surface area contributed by atoms with E-state index in [4.69, 9.17) is 9.73 Å². The fraction of sp³-hybridized carbons (Fsp3) is 0.423. The molecule has 1 aliphatic heterocycles. The summed E-state index contributed by atoms with van der Waals surface area (Å²) in [6.07, 6.45) is 6.09. The molecule has 1 aliphatic carbocycles. The molecule has 2 aromatic carbocycles. The highest BCUT2D eigenvalue weighted by Gasteiger charge is 2.26. The average Bonchev–Trinajstić information content (AvgIpc) is 3.31. The molecule has 3 aromatic rings. The number of hydrogen-bond acceptors (Lipinski definition) is 7. The fourth-order valence-corrected chi connectivity index (χ4v) is 7.29. The van der Waals surface area contributed by atoms with E-state index in [1.54, 1.807) is 36.4 Å². The number of aromatic nitrogens is 1. The van der Waals surface area contributed by atoms with Gasteiger partial charge in [-0.3, -0.25) is 10.1 Å². The first-order chi connectivity index (χ1) is 17.9. The van der Waals surface area contributed by atoms with Gasteiger partial charge in [0.2, 0.25) is 10.0 Å². The highest BCUT2D eigenvalue weighted by molar-refractivity contribution is 7.89. The van der Waals surface area contributed by atoms with Crippen molar-refractivity contribution in [1.82, 2.24) is 8.87 Å². The molecule has 0 atom stereocenters. The van der Waals surface area contributed by atoms with Gasteiger partial charge in [-0.1, -0.05) is 19.3 Å². The number of nitrogens with zero attached hydrogens (tertiary/aromatic N) is 4. The molecule has 0 spiro atoms. The molecular formula is C26H30N4O5S2. The van der Waals surface area contributed by atoms with Gasteiger partial charge in [0.05, 0.1) is 34.4 Å². The quantitative estimate of drug-likeness (QED) is 0.310. The van der Waals surface area contributed by atoms with Gasteiger partial charge in [-0.05, 0) is 60.7 Å². The summed E-state index contributed by atoms with van der Waals surface area (Å²) in [4.78, 5) is 16.7. The lowest BCUT2D eigenvalue weighted by molar-refractivity contribution is -0.384. The molecule has 0 bridgehead atoms. The van der Waals surface area contributed by atoms with Crippen LogP contribution >= 0.6 is 11.3 Å². The second-order valence-corrected chi connectivity index (χ2v) is 12.2. The summed E-state index contributed by atoms with van der Waals surface area (Å²) in [6, 6.07) is 13.3. The maximum Gasteiger partial charge on any atom is 0.269 e. The summed E-state index contributed by atoms with van der Waals surface area (Å²) < 4.78 is 34.9. The number of nitro benzene ring substituents is 1. The Kier molecular flexibility index (Phi) is 7.84. The van der Waals surface area contributed by atoms with E-state index in [2.05, 4.69) is 4.57 Å². The molecule has 9 nitrogen and oxygen atoms in total. The molecule has 37 heavy (non-hydrogen) atoms. The van der Waals surface area contributed by atoms with Gasteiger partial charge in [-0.25, -0.2) is 13.4 Å². The highest BCUT2D eigenvalue weighted by Crippen LogP contribution is 2.29. The minimum absolute atomic E-state index is 0.0647. The summed E-state index contributed by atoms with van der Waals surface area (Å²) in [6.45, 7) is 2.36. The Labute approximate surface area is 220 Å². The van der Waals surface area contributed by atoms with Gasteiger partial charge in [0.15, 0.2) is 4.80 Å². The van der Waals surface area contributed by atoms with E-state index in [1.807, 2.05) is 5.38 Å². The summed E-state index contributed by atoms with van der Waals surface area (Å²) in [5.74, 6) is 0.556. The first-order valence-electron chi connectivity index (χ1n) is 12.6. The van der Waals surface area contributed by atoms with Crippen LogP contribution < -0.4 is 4.80 Å². The zero-order valence-electron chi connectivity index (χ0n) is 20.5. The van der Waals surface area contributed by atoms with Crippen molar-refractivity contribution in [3.63, 3.8) is 0 Å².